The summed E-state index contributed by atoms with van der Waals surface area (Å²) in [5.74, 6) is 0.833. The number of rotatable bonds is 6. The zero-order chi connectivity index (χ0) is 15.6. The Labute approximate surface area is 140 Å². The van der Waals surface area contributed by atoms with Crippen molar-refractivity contribution in [1.82, 2.24) is 19.6 Å². The van der Waals surface area contributed by atoms with Gasteiger partial charge in [0, 0.05) is 11.4 Å². The van der Waals surface area contributed by atoms with Gasteiger partial charge in [-0.15, -0.1) is 11.3 Å². The van der Waals surface area contributed by atoms with Crippen molar-refractivity contribution in [2.24, 2.45) is 0 Å². The second-order valence-corrected chi connectivity index (χ2v) is 7.39. The number of hydrogen-bond acceptors (Lipinski definition) is 5. The van der Waals surface area contributed by atoms with Crippen molar-refractivity contribution in [2.75, 3.05) is 11.9 Å². The van der Waals surface area contributed by atoms with E-state index in [4.69, 9.17) is 4.98 Å². The molecule has 1 N–H and O–H groups in total. The maximum Gasteiger partial charge on any atom is 0.227 e. The SMILES string of the molecule is CCCCCCNc1nc2sc3c(c2c2ncnn12)CCCC3. The molecule has 0 saturated heterocycles. The van der Waals surface area contributed by atoms with Crippen LogP contribution in [0, 0.1) is 0 Å². The van der Waals surface area contributed by atoms with Crippen molar-refractivity contribution in [3.63, 3.8) is 0 Å². The Balaban J connectivity index is 1.69. The molecule has 0 atom stereocenters. The molecular weight excluding hydrogens is 306 g/mol. The van der Waals surface area contributed by atoms with E-state index >= 15 is 0 Å². The molecule has 1 aliphatic carbocycles. The highest BCUT2D eigenvalue weighted by Gasteiger charge is 2.21. The van der Waals surface area contributed by atoms with Gasteiger partial charge in [0.15, 0.2) is 5.65 Å². The summed E-state index contributed by atoms with van der Waals surface area (Å²) in [6.07, 6.45) is 11.6. The first-order chi connectivity index (χ1) is 11.4. The zero-order valence-electron chi connectivity index (χ0n) is 13.6. The van der Waals surface area contributed by atoms with Crippen molar-refractivity contribution in [3.05, 3.63) is 16.8 Å². The quantitative estimate of drug-likeness (QED) is 0.688. The predicted molar refractivity (Wildman–Crippen MR) is 95.4 cm³/mol. The van der Waals surface area contributed by atoms with Crippen LogP contribution in [-0.4, -0.2) is 26.1 Å². The molecule has 122 valence electrons. The number of nitrogens with one attached hydrogen (secondary N) is 1. The molecule has 0 spiro atoms. The van der Waals surface area contributed by atoms with Crippen LogP contribution in [0.2, 0.25) is 0 Å². The fourth-order valence-electron chi connectivity index (χ4n) is 3.44. The van der Waals surface area contributed by atoms with E-state index in [0.29, 0.717) is 0 Å². The topological polar surface area (TPSA) is 55.1 Å². The fourth-order valence-corrected chi connectivity index (χ4v) is 4.69. The van der Waals surface area contributed by atoms with E-state index < -0.39 is 0 Å². The van der Waals surface area contributed by atoms with E-state index in [9.17, 15) is 0 Å². The number of thiophene rings is 1. The molecule has 0 aromatic carbocycles. The molecule has 3 aromatic heterocycles. The van der Waals surface area contributed by atoms with Gasteiger partial charge in [-0.2, -0.15) is 9.61 Å². The van der Waals surface area contributed by atoms with Crippen molar-refractivity contribution in [2.45, 2.75) is 58.3 Å². The summed E-state index contributed by atoms with van der Waals surface area (Å²) < 4.78 is 1.88. The van der Waals surface area contributed by atoms with Gasteiger partial charge in [-0.05, 0) is 37.7 Å². The van der Waals surface area contributed by atoms with Gasteiger partial charge in [0.25, 0.3) is 0 Å². The lowest BCUT2D eigenvalue weighted by molar-refractivity contribution is 0.682. The molecule has 0 radical (unpaired) electrons. The van der Waals surface area contributed by atoms with Crippen LogP contribution >= 0.6 is 11.3 Å². The van der Waals surface area contributed by atoms with Crippen LogP contribution in [0.5, 0.6) is 0 Å². The number of hydrogen-bond donors (Lipinski definition) is 1. The Bertz CT molecular complexity index is 819. The average molecular weight is 329 g/mol. The lowest BCUT2D eigenvalue weighted by atomic mass is 9.97. The van der Waals surface area contributed by atoms with E-state index in [1.165, 1.54) is 60.8 Å². The predicted octanol–water partition coefficient (Wildman–Crippen LogP) is 4.21. The lowest BCUT2D eigenvalue weighted by Crippen LogP contribution is -2.09. The Morgan fingerprint density at radius 1 is 1.22 bits per heavy atom. The summed E-state index contributed by atoms with van der Waals surface area (Å²) in [5.41, 5.74) is 2.43. The highest BCUT2D eigenvalue weighted by molar-refractivity contribution is 7.19. The van der Waals surface area contributed by atoms with E-state index in [0.717, 1.165) is 29.4 Å². The standard InChI is InChI=1S/C17H23N5S/c1-2-3-4-7-10-18-17-21-16-14(15-19-11-20-22(15)17)12-8-5-6-9-13(12)23-16/h11H,2-10H2,1H3,(H,18,21). The maximum atomic E-state index is 4.87. The number of aromatic nitrogens is 4. The first-order valence-electron chi connectivity index (χ1n) is 8.76. The Hall–Kier alpha value is -1.69. The highest BCUT2D eigenvalue weighted by atomic mass is 32.1. The summed E-state index contributed by atoms with van der Waals surface area (Å²) >= 11 is 1.85. The van der Waals surface area contributed by atoms with Gasteiger partial charge in [-0.25, -0.2) is 9.97 Å². The molecule has 0 bridgehead atoms. The third-order valence-corrected chi connectivity index (χ3v) is 5.83. The number of aryl methyl sites for hydroxylation is 2. The second kappa shape index (κ2) is 6.43. The molecule has 3 heterocycles. The van der Waals surface area contributed by atoms with Crippen LogP contribution < -0.4 is 5.32 Å². The Morgan fingerprint density at radius 2 is 2.13 bits per heavy atom. The molecule has 0 fully saturated rings. The summed E-state index contributed by atoms with van der Waals surface area (Å²) in [6, 6.07) is 0. The normalized spacial score (nSPS) is 14.5. The molecule has 5 nitrogen and oxygen atoms in total. The highest BCUT2D eigenvalue weighted by Crippen LogP contribution is 2.37. The van der Waals surface area contributed by atoms with Gasteiger partial charge in [0.05, 0.1) is 5.39 Å². The van der Waals surface area contributed by atoms with Crippen LogP contribution in [0.15, 0.2) is 6.33 Å². The zero-order valence-corrected chi connectivity index (χ0v) is 14.5. The van der Waals surface area contributed by atoms with Crippen molar-refractivity contribution in [1.29, 1.82) is 0 Å². The smallest absolute Gasteiger partial charge is 0.227 e. The summed E-state index contributed by atoms with van der Waals surface area (Å²) in [4.78, 5) is 12.0. The molecule has 23 heavy (non-hydrogen) atoms. The fraction of sp³-hybridized carbons (Fsp3) is 0.588. The number of nitrogens with zero attached hydrogens (tertiary/aromatic N) is 4. The molecule has 4 rings (SSSR count). The third-order valence-electron chi connectivity index (χ3n) is 4.65. The summed E-state index contributed by atoms with van der Waals surface area (Å²) in [7, 11) is 0. The number of unbranched alkanes of at least 4 members (excludes halogenated alkanes) is 3. The molecule has 6 heteroatoms. The molecule has 0 amide bonds. The van der Waals surface area contributed by atoms with Gasteiger partial charge < -0.3 is 5.32 Å². The summed E-state index contributed by atoms with van der Waals surface area (Å²) in [6.45, 7) is 3.18. The van der Waals surface area contributed by atoms with Gasteiger partial charge in [-0.3, -0.25) is 0 Å². The minimum absolute atomic E-state index is 0.833. The van der Waals surface area contributed by atoms with Gasteiger partial charge in [0.1, 0.15) is 11.2 Å². The van der Waals surface area contributed by atoms with Gasteiger partial charge >= 0.3 is 0 Å². The Morgan fingerprint density at radius 3 is 3.04 bits per heavy atom. The molecule has 0 unspecified atom stereocenters. The van der Waals surface area contributed by atoms with Crippen molar-refractivity contribution < 1.29 is 0 Å². The van der Waals surface area contributed by atoms with E-state index in [2.05, 4.69) is 22.3 Å². The number of fused-ring (bicyclic) bond motifs is 5. The van der Waals surface area contributed by atoms with Crippen LogP contribution in [0.4, 0.5) is 5.95 Å². The van der Waals surface area contributed by atoms with E-state index in [1.807, 2.05) is 15.9 Å². The van der Waals surface area contributed by atoms with Crippen LogP contribution in [0.25, 0.3) is 15.9 Å². The monoisotopic (exact) mass is 329 g/mol. The lowest BCUT2D eigenvalue weighted by Gasteiger charge is -2.11. The second-order valence-electron chi connectivity index (χ2n) is 6.31. The molecule has 1 aliphatic rings. The first kappa shape index (κ1) is 14.9. The van der Waals surface area contributed by atoms with Crippen molar-refractivity contribution in [3.8, 4) is 0 Å². The average Bonchev–Trinajstić information content (AvgIpc) is 3.18. The Kier molecular flexibility index (Phi) is 4.16. The van der Waals surface area contributed by atoms with E-state index in [1.54, 1.807) is 6.33 Å². The molecule has 3 aromatic rings. The van der Waals surface area contributed by atoms with Crippen LogP contribution in [0.3, 0.4) is 0 Å². The minimum atomic E-state index is 0.833. The molecule has 0 aliphatic heterocycles. The summed E-state index contributed by atoms with van der Waals surface area (Å²) in [5, 5.41) is 9.09. The largest absolute Gasteiger partial charge is 0.354 e. The van der Waals surface area contributed by atoms with Gasteiger partial charge in [-0.1, -0.05) is 26.2 Å². The first-order valence-corrected chi connectivity index (χ1v) is 9.58. The van der Waals surface area contributed by atoms with E-state index in [-0.39, 0.29) is 0 Å². The van der Waals surface area contributed by atoms with Crippen LogP contribution in [0.1, 0.15) is 55.9 Å². The maximum absolute atomic E-state index is 4.87. The third kappa shape index (κ3) is 2.69. The van der Waals surface area contributed by atoms with Crippen molar-refractivity contribution >= 4 is 33.1 Å². The molecule has 0 saturated carbocycles. The molecular formula is C17H23N5S. The minimum Gasteiger partial charge on any atom is -0.354 e. The van der Waals surface area contributed by atoms with Crippen LogP contribution in [-0.2, 0) is 12.8 Å². The van der Waals surface area contributed by atoms with Gasteiger partial charge in [0.2, 0.25) is 5.95 Å². The number of anilines is 1.